The maximum atomic E-state index is 14.5. The van der Waals surface area contributed by atoms with Crippen molar-refractivity contribution < 1.29 is 23.1 Å². The molecule has 1 aromatic heterocycles. The molecule has 0 aliphatic carbocycles. The van der Waals surface area contributed by atoms with Gasteiger partial charge in [-0.1, -0.05) is 12.1 Å². The number of benzene rings is 2. The number of nitrogens with zero attached hydrogens (tertiary/aromatic N) is 5. The Hall–Kier alpha value is -3.66. The van der Waals surface area contributed by atoms with Crippen LogP contribution in [0.5, 0.6) is 0 Å². The molecule has 10 heteroatoms. The minimum absolute atomic E-state index is 0.0212. The fourth-order valence-electron chi connectivity index (χ4n) is 4.35. The molecule has 1 amide bonds. The van der Waals surface area contributed by atoms with Gasteiger partial charge in [0.15, 0.2) is 0 Å². The molecular formula is C24H23F2N5O3. The van der Waals surface area contributed by atoms with Crippen molar-refractivity contribution in [1.29, 1.82) is 0 Å². The summed E-state index contributed by atoms with van der Waals surface area (Å²) in [6.45, 7) is 3.65. The number of carbonyl (C=O) groups is 2. The van der Waals surface area contributed by atoms with Gasteiger partial charge in [-0.25, -0.2) is 23.2 Å². The molecule has 2 aliphatic rings. The highest BCUT2D eigenvalue weighted by Gasteiger charge is 2.24. The lowest BCUT2D eigenvalue weighted by Gasteiger charge is -2.35. The van der Waals surface area contributed by atoms with E-state index in [-0.39, 0.29) is 29.5 Å². The number of fused-ring (bicyclic) bond motifs is 1. The number of piperazine rings is 1. The summed E-state index contributed by atoms with van der Waals surface area (Å²) in [5, 5.41) is 3.81. The Morgan fingerprint density at radius 1 is 1.06 bits per heavy atom. The Bertz CT molecular complexity index is 1220. The van der Waals surface area contributed by atoms with E-state index in [9.17, 15) is 18.4 Å². The zero-order valence-corrected chi connectivity index (χ0v) is 18.4. The van der Waals surface area contributed by atoms with Crippen molar-refractivity contribution in [3.05, 3.63) is 76.9 Å². The first-order valence-corrected chi connectivity index (χ1v) is 11.1. The minimum Gasteiger partial charge on any atom is -0.457 e. The highest BCUT2D eigenvalue weighted by molar-refractivity contribution is 5.93. The summed E-state index contributed by atoms with van der Waals surface area (Å²) in [6.07, 6.45) is 3.15. The third-order valence-electron chi connectivity index (χ3n) is 6.31. The average Bonchev–Trinajstić information content (AvgIpc) is 3.50. The molecule has 0 radical (unpaired) electrons. The summed E-state index contributed by atoms with van der Waals surface area (Å²) in [5.41, 5.74) is 2.67. The van der Waals surface area contributed by atoms with E-state index in [0.29, 0.717) is 38.3 Å². The van der Waals surface area contributed by atoms with Crippen molar-refractivity contribution in [2.45, 2.75) is 19.4 Å². The second kappa shape index (κ2) is 9.30. The van der Waals surface area contributed by atoms with Gasteiger partial charge in [0.25, 0.3) is 0 Å². The Morgan fingerprint density at radius 3 is 2.65 bits per heavy atom. The van der Waals surface area contributed by atoms with Crippen LogP contribution in [0, 0.1) is 11.6 Å². The van der Waals surface area contributed by atoms with Crippen LogP contribution in [-0.4, -0.2) is 69.2 Å². The second-order valence-corrected chi connectivity index (χ2v) is 8.45. The molecule has 1 fully saturated rings. The molecule has 8 nitrogen and oxygen atoms in total. The van der Waals surface area contributed by atoms with Crippen LogP contribution in [0.25, 0.3) is 5.69 Å². The van der Waals surface area contributed by atoms with Gasteiger partial charge in [-0.05, 0) is 24.1 Å². The van der Waals surface area contributed by atoms with E-state index < -0.39 is 11.6 Å². The smallest absolute Gasteiger partial charge is 0.338 e. The molecule has 34 heavy (non-hydrogen) atoms. The Labute approximate surface area is 194 Å². The number of hydrogen-bond donors (Lipinski definition) is 0. The van der Waals surface area contributed by atoms with Crippen LogP contribution in [-0.2, 0) is 29.0 Å². The largest absolute Gasteiger partial charge is 0.457 e. The Kier molecular flexibility index (Phi) is 6.06. The van der Waals surface area contributed by atoms with E-state index in [1.54, 1.807) is 4.90 Å². The fraction of sp³-hybridized carbons (Fsp3) is 0.333. The Morgan fingerprint density at radius 2 is 1.88 bits per heavy atom. The summed E-state index contributed by atoms with van der Waals surface area (Å²) in [7, 11) is 0. The molecule has 3 aromatic rings. The highest BCUT2D eigenvalue weighted by atomic mass is 19.1. The molecule has 0 spiro atoms. The van der Waals surface area contributed by atoms with E-state index in [1.165, 1.54) is 12.7 Å². The van der Waals surface area contributed by atoms with E-state index in [2.05, 4.69) is 15.0 Å². The summed E-state index contributed by atoms with van der Waals surface area (Å²) < 4.78 is 35.2. The summed E-state index contributed by atoms with van der Waals surface area (Å²) in [5.74, 6) is -1.81. The van der Waals surface area contributed by atoms with Crippen LogP contribution in [0.4, 0.5) is 8.78 Å². The lowest BCUT2D eigenvalue weighted by molar-refractivity contribution is -0.132. The zero-order valence-electron chi connectivity index (χ0n) is 18.4. The van der Waals surface area contributed by atoms with Gasteiger partial charge in [0.2, 0.25) is 5.91 Å². The number of esters is 1. The second-order valence-electron chi connectivity index (χ2n) is 8.45. The van der Waals surface area contributed by atoms with Gasteiger partial charge in [-0.3, -0.25) is 9.69 Å². The van der Waals surface area contributed by atoms with Crippen molar-refractivity contribution in [1.82, 2.24) is 24.6 Å². The van der Waals surface area contributed by atoms with Crippen LogP contribution in [0.3, 0.4) is 0 Å². The zero-order chi connectivity index (χ0) is 23.7. The molecule has 0 N–H and O–H groups in total. The van der Waals surface area contributed by atoms with Gasteiger partial charge in [-0.2, -0.15) is 5.10 Å². The lowest BCUT2D eigenvalue weighted by Crippen LogP contribution is -2.49. The van der Waals surface area contributed by atoms with Crippen molar-refractivity contribution in [3.8, 4) is 5.69 Å². The van der Waals surface area contributed by atoms with Crippen LogP contribution in [0.15, 0.2) is 43.0 Å². The maximum absolute atomic E-state index is 14.5. The van der Waals surface area contributed by atoms with Gasteiger partial charge >= 0.3 is 5.97 Å². The molecule has 5 rings (SSSR count). The minimum atomic E-state index is -0.665. The predicted molar refractivity (Wildman–Crippen MR) is 117 cm³/mol. The van der Waals surface area contributed by atoms with Crippen molar-refractivity contribution >= 4 is 11.9 Å². The standard InChI is InChI=1S/C24H23F2N5O3/c25-20-12-22(31-15-27-14-28-31)21(26)10-17(20)11-23(32)30-7-5-29(6-8-30)4-3-16-1-2-19-18(9-16)13-34-24(19)33/h1-2,9-10,12,14-15H,3-8,11,13H2. The topological polar surface area (TPSA) is 80.6 Å². The first kappa shape index (κ1) is 22.1. The normalized spacial score (nSPS) is 15.9. The van der Waals surface area contributed by atoms with E-state index in [4.69, 9.17) is 4.74 Å². The molecule has 0 atom stereocenters. The number of ether oxygens (including phenoxy) is 1. The van der Waals surface area contributed by atoms with Crippen molar-refractivity contribution in [3.63, 3.8) is 0 Å². The number of aromatic nitrogens is 3. The Balaban J connectivity index is 1.13. The maximum Gasteiger partial charge on any atom is 0.338 e. The highest BCUT2D eigenvalue weighted by Crippen LogP contribution is 2.22. The van der Waals surface area contributed by atoms with Crippen LogP contribution < -0.4 is 0 Å². The SMILES string of the molecule is O=C1OCc2cc(CCN3CCN(C(=O)Cc4cc(F)c(-n5cncn5)cc4F)CC3)ccc21. The number of carbonyl (C=O) groups excluding carboxylic acids is 2. The van der Waals surface area contributed by atoms with Crippen LogP contribution >= 0.6 is 0 Å². The molecular weight excluding hydrogens is 444 g/mol. The monoisotopic (exact) mass is 467 g/mol. The van der Waals surface area contributed by atoms with Gasteiger partial charge in [0, 0.05) is 49.9 Å². The third-order valence-corrected chi connectivity index (χ3v) is 6.31. The quantitative estimate of drug-likeness (QED) is 0.517. The van der Waals surface area contributed by atoms with E-state index in [1.807, 2.05) is 18.2 Å². The molecule has 0 saturated carbocycles. The van der Waals surface area contributed by atoms with Crippen molar-refractivity contribution in [2.24, 2.45) is 0 Å². The van der Waals surface area contributed by atoms with Crippen LogP contribution in [0.1, 0.15) is 27.0 Å². The van der Waals surface area contributed by atoms with Crippen LogP contribution in [0.2, 0.25) is 0 Å². The summed E-state index contributed by atoms with van der Waals surface area (Å²) >= 11 is 0. The summed E-state index contributed by atoms with van der Waals surface area (Å²) in [6, 6.07) is 7.87. The molecule has 0 unspecified atom stereocenters. The van der Waals surface area contributed by atoms with Crippen molar-refractivity contribution in [2.75, 3.05) is 32.7 Å². The molecule has 2 aliphatic heterocycles. The number of cyclic esters (lactones) is 1. The number of rotatable bonds is 6. The summed E-state index contributed by atoms with van der Waals surface area (Å²) in [4.78, 5) is 32.0. The van der Waals surface area contributed by atoms with Gasteiger partial charge in [0.1, 0.15) is 36.6 Å². The molecule has 2 aromatic carbocycles. The average molecular weight is 467 g/mol. The van der Waals surface area contributed by atoms with Gasteiger partial charge in [-0.15, -0.1) is 0 Å². The first-order valence-electron chi connectivity index (χ1n) is 11.1. The lowest BCUT2D eigenvalue weighted by atomic mass is 10.0. The van der Waals surface area contributed by atoms with E-state index in [0.717, 1.165) is 40.9 Å². The predicted octanol–water partition coefficient (Wildman–Crippen LogP) is 2.15. The number of amides is 1. The third kappa shape index (κ3) is 4.54. The fourth-order valence-corrected chi connectivity index (χ4v) is 4.35. The van der Waals surface area contributed by atoms with E-state index >= 15 is 0 Å². The molecule has 1 saturated heterocycles. The molecule has 176 valence electrons. The number of hydrogen-bond acceptors (Lipinski definition) is 6. The molecule has 3 heterocycles. The van der Waals surface area contributed by atoms with Gasteiger partial charge in [0.05, 0.1) is 12.0 Å². The first-order chi connectivity index (χ1) is 16.5. The number of halogens is 2. The molecule has 0 bridgehead atoms. The van der Waals surface area contributed by atoms with Gasteiger partial charge < -0.3 is 9.64 Å².